The summed E-state index contributed by atoms with van der Waals surface area (Å²) in [5.41, 5.74) is -0.443. The van der Waals surface area contributed by atoms with Crippen LogP contribution in [0.15, 0.2) is 41.2 Å². The molecule has 3 aromatic rings. The number of methoxy groups -OCH3 is 2. The molecule has 0 saturated carbocycles. The highest BCUT2D eigenvalue weighted by Crippen LogP contribution is 2.28. The minimum absolute atomic E-state index is 0.0306. The Morgan fingerprint density at radius 2 is 1.85 bits per heavy atom. The van der Waals surface area contributed by atoms with Crippen LogP contribution in [0.2, 0.25) is 0 Å². The van der Waals surface area contributed by atoms with E-state index in [1.165, 1.54) is 38.5 Å². The number of aromatic nitrogens is 2. The van der Waals surface area contributed by atoms with E-state index in [2.05, 4.69) is 9.97 Å². The number of aromatic amines is 1. The van der Waals surface area contributed by atoms with Gasteiger partial charge in [-0.05, 0) is 24.3 Å². The van der Waals surface area contributed by atoms with Gasteiger partial charge in [-0.25, -0.2) is 4.98 Å². The average molecular weight is 355 g/mol. The molecule has 0 saturated heterocycles. The molecule has 0 radical (unpaired) electrons. The second kappa shape index (κ2) is 6.63. The fourth-order valence-corrected chi connectivity index (χ4v) is 2.46. The van der Waals surface area contributed by atoms with E-state index in [1.54, 1.807) is 6.07 Å². The highest BCUT2D eigenvalue weighted by molar-refractivity contribution is 6.07. The molecule has 0 unspecified atom stereocenters. The number of fused-ring (bicyclic) bond motifs is 1. The van der Waals surface area contributed by atoms with Crippen LogP contribution in [-0.2, 0) is 0 Å². The van der Waals surface area contributed by atoms with Gasteiger partial charge in [-0.3, -0.25) is 19.7 Å². The molecule has 0 aliphatic rings. The maximum atomic E-state index is 12.6. The summed E-state index contributed by atoms with van der Waals surface area (Å²) in [5, 5.41) is 10.9. The number of nitrogens with one attached hydrogen (secondary N) is 1. The van der Waals surface area contributed by atoms with Gasteiger partial charge in [0.2, 0.25) is 5.78 Å². The Morgan fingerprint density at radius 1 is 1.12 bits per heavy atom. The van der Waals surface area contributed by atoms with Crippen LogP contribution in [0.5, 0.6) is 11.5 Å². The van der Waals surface area contributed by atoms with Gasteiger partial charge in [0.1, 0.15) is 0 Å². The van der Waals surface area contributed by atoms with Crippen molar-refractivity contribution in [3.05, 3.63) is 68.3 Å². The van der Waals surface area contributed by atoms with Crippen molar-refractivity contribution in [1.82, 2.24) is 9.97 Å². The van der Waals surface area contributed by atoms with E-state index in [0.29, 0.717) is 11.5 Å². The standard InChI is InChI=1S/C17H13N3O6/c1-25-13-6-3-9(7-14(13)26-2)15(21)16-18-12-5-4-10(20(23)24)8-11(12)17(22)19-16/h3-8H,1-2H3,(H,18,19,22). The van der Waals surface area contributed by atoms with Gasteiger partial charge in [-0.2, -0.15) is 0 Å². The molecule has 1 heterocycles. The average Bonchev–Trinajstić information content (AvgIpc) is 2.66. The second-order valence-corrected chi connectivity index (χ2v) is 5.27. The van der Waals surface area contributed by atoms with Crippen molar-refractivity contribution >= 4 is 22.4 Å². The highest BCUT2D eigenvalue weighted by Gasteiger charge is 2.17. The zero-order valence-electron chi connectivity index (χ0n) is 13.8. The molecular formula is C17H13N3O6. The van der Waals surface area contributed by atoms with E-state index >= 15 is 0 Å². The first-order valence-electron chi connectivity index (χ1n) is 7.40. The lowest BCUT2D eigenvalue weighted by Crippen LogP contribution is -2.17. The van der Waals surface area contributed by atoms with Gasteiger partial charge in [0.25, 0.3) is 11.2 Å². The molecule has 26 heavy (non-hydrogen) atoms. The topological polar surface area (TPSA) is 124 Å². The second-order valence-electron chi connectivity index (χ2n) is 5.27. The molecule has 2 aromatic carbocycles. The Bertz CT molecular complexity index is 1090. The lowest BCUT2D eigenvalue weighted by molar-refractivity contribution is -0.384. The zero-order chi connectivity index (χ0) is 18.8. The van der Waals surface area contributed by atoms with Crippen LogP contribution in [0, 0.1) is 10.1 Å². The van der Waals surface area contributed by atoms with Crippen LogP contribution in [-0.4, -0.2) is 34.9 Å². The fourth-order valence-electron chi connectivity index (χ4n) is 2.46. The lowest BCUT2D eigenvalue weighted by atomic mass is 10.1. The van der Waals surface area contributed by atoms with E-state index in [4.69, 9.17) is 9.47 Å². The lowest BCUT2D eigenvalue weighted by Gasteiger charge is -2.09. The Morgan fingerprint density at radius 3 is 2.50 bits per heavy atom. The van der Waals surface area contributed by atoms with E-state index < -0.39 is 16.3 Å². The van der Waals surface area contributed by atoms with Crippen LogP contribution < -0.4 is 15.0 Å². The number of nitro groups is 1. The molecule has 0 atom stereocenters. The first kappa shape index (κ1) is 17.1. The predicted molar refractivity (Wildman–Crippen MR) is 92.0 cm³/mol. The maximum absolute atomic E-state index is 12.6. The van der Waals surface area contributed by atoms with Gasteiger partial charge < -0.3 is 14.5 Å². The van der Waals surface area contributed by atoms with Crippen molar-refractivity contribution in [3.63, 3.8) is 0 Å². The van der Waals surface area contributed by atoms with Crippen LogP contribution in [0.4, 0.5) is 5.69 Å². The fraction of sp³-hybridized carbons (Fsp3) is 0.118. The molecule has 1 aromatic heterocycles. The van der Waals surface area contributed by atoms with E-state index in [1.807, 2.05) is 0 Å². The normalized spacial score (nSPS) is 10.5. The number of rotatable bonds is 5. The zero-order valence-corrected chi connectivity index (χ0v) is 13.8. The number of nitrogens with zero attached hydrogens (tertiary/aromatic N) is 2. The summed E-state index contributed by atoms with van der Waals surface area (Å²) < 4.78 is 10.3. The van der Waals surface area contributed by atoms with Crippen molar-refractivity contribution in [2.75, 3.05) is 14.2 Å². The van der Waals surface area contributed by atoms with Crippen molar-refractivity contribution in [1.29, 1.82) is 0 Å². The van der Waals surface area contributed by atoms with Gasteiger partial charge >= 0.3 is 0 Å². The monoisotopic (exact) mass is 355 g/mol. The summed E-state index contributed by atoms with van der Waals surface area (Å²) in [6.45, 7) is 0. The van der Waals surface area contributed by atoms with Crippen LogP contribution in [0.1, 0.15) is 16.2 Å². The third kappa shape index (κ3) is 2.97. The third-order valence-electron chi connectivity index (χ3n) is 3.76. The minimum atomic E-state index is -0.637. The third-order valence-corrected chi connectivity index (χ3v) is 3.76. The number of carbonyl (C=O) groups is 1. The maximum Gasteiger partial charge on any atom is 0.270 e. The molecule has 132 valence electrons. The predicted octanol–water partition coefficient (Wildman–Crippen LogP) is 2.08. The van der Waals surface area contributed by atoms with E-state index in [0.717, 1.165) is 6.07 Å². The largest absolute Gasteiger partial charge is 0.493 e. The van der Waals surface area contributed by atoms with Crippen molar-refractivity contribution in [2.45, 2.75) is 0 Å². The summed E-state index contributed by atoms with van der Waals surface area (Å²) in [6.07, 6.45) is 0. The van der Waals surface area contributed by atoms with Crippen molar-refractivity contribution in [2.24, 2.45) is 0 Å². The van der Waals surface area contributed by atoms with E-state index in [9.17, 15) is 19.7 Å². The van der Waals surface area contributed by atoms with Gasteiger partial charge in [0.05, 0.1) is 30.0 Å². The first-order chi connectivity index (χ1) is 12.4. The molecule has 1 N–H and O–H groups in total. The number of carbonyl (C=O) groups excluding carboxylic acids is 1. The van der Waals surface area contributed by atoms with Crippen molar-refractivity contribution in [3.8, 4) is 11.5 Å². The summed E-state index contributed by atoms with van der Waals surface area (Å²) in [6, 6.07) is 8.22. The number of ether oxygens (including phenoxy) is 2. The molecule has 0 spiro atoms. The smallest absolute Gasteiger partial charge is 0.270 e. The van der Waals surface area contributed by atoms with Crippen LogP contribution in [0.3, 0.4) is 0 Å². The number of hydrogen-bond donors (Lipinski definition) is 1. The van der Waals surface area contributed by atoms with Gasteiger partial charge in [-0.15, -0.1) is 0 Å². The van der Waals surface area contributed by atoms with Gasteiger partial charge in [0.15, 0.2) is 17.3 Å². The van der Waals surface area contributed by atoms with Crippen LogP contribution >= 0.6 is 0 Å². The quantitative estimate of drug-likeness (QED) is 0.422. The molecule has 0 bridgehead atoms. The molecule has 0 aliphatic carbocycles. The van der Waals surface area contributed by atoms with E-state index in [-0.39, 0.29) is 28.0 Å². The Labute approximate surface area is 146 Å². The van der Waals surface area contributed by atoms with Gasteiger partial charge in [0, 0.05) is 17.7 Å². The summed E-state index contributed by atoms with van der Waals surface area (Å²) >= 11 is 0. The first-order valence-corrected chi connectivity index (χ1v) is 7.40. The number of hydrogen-bond acceptors (Lipinski definition) is 7. The summed E-state index contributed by atoms with van der Waals surface area (Å²) in [5.74, 6) is 0.111. The Kier molecular flexibility index (Phi) is 4.36. The molecule has 3 rings (SSSR count). The highest BCUT2D eigenvalue weighted by atomic mass is 16.6. The number of nitro benzene ring substituents is 1. The number of H-pyrrole nitrogens is 1. The van der Waals surface area contributed by atoms with Crippen LogP contribution in [0.25, 0.3) is 10.9 Å². The number of non-ortho nitro benzene ring substituents is 1. The molecule has 9 heteroatoms. The molecule has 0 aliphatic heterocycles. The Balaban J connectivity index is 2.08. The Hall–Kier alpha value is -3.75. The minimum Gasteiger partial charge on any atom is -0.493 e. The number of ketones is 1. The molecular weight excluding hydrogens is 342 g/mol. The molecule has 0 fully saturated rings. The summed E-state index contributed by atoms with van der Waals surface area (Å²) in [7, 11) is 2.91. The van der Waals surface area contributed by atoms with Gasteiger partial charge in [-0.1, -0.05) is 0 Å². The molecule has 9 nitrogen and oxygen atoms in total. The van der Waals surface area contributed by atoms with Crippen molar-refractivity contribution < 1.29 is 19.2 Å². The number of benzene rings is 2. The SMILES string of the molecule is COc1ccc(C(=O)c2nc3ccc([N+](=O)[O-])cc3c(=O)[nH]2)cc1OC. The molecule has 0 amide bonds. The summed E-state index contributed by atoms with van der Waals surface area (Å²) in [4.78, 5) is 41.6.